The summed E-state index contributed by atoms with van der Waals surface area (Å²) in [5.74, 6) is -3.14. The largest absolute Gasteiger partial charge is 0.471 e. The van der Waals surface area contributed by atoms with Gasteiger partial charge >= 0.3 is 18.1 Å². The molecule has 1 atom stereocenters. The number of halogens is 3. The fourth-order valence-electron chi connectivity index (χ4n) is 1.50. The molecule has 0 radical (unpaired) electrons. The first kappa shape index (κ1) is 17.0. The molecule has 0 fully saturated rings. The van der Waals surface area contributed by atoms with Crippen LogP contribution in [0.1, 0.15) is 32.4 Å². The van der Waals surface area contributed by atoms with Gasteiger partial charge in [-0.3, -0.25) is 4.79 Å². The molecule has 0 unspecified atom stereocenters. The zero-order valence-electron chi connectivity index (χ0n) is 11.8. The lowest BCUT2D eigenvalue weighted by Gasteiger charge is -2.25. The molecule has 7 heteroatoms. The van der Waals surface area contributed by atoms with Gasteiger partial charge in [-0.25, -0.2) is 4.79 Å². The molecule has 0 aromatic heterocycles. The molecule has 0 spiro atoms. The van der Waals surface area contributed by atoms with E-state index in [1.807, 2.05) is 0 Å². The molecule has 0 bridgehead atoms. The monoisotopic (exact) mass is 303 g/mol. The third kappa shape index (κ3) is 5.45. The Morgan fingerprint density at radius 3 is 2.05 bits per heavy atom. The van der Waals surface area contributed by atoms with Gasteiger partial charge < -0.3 is 10.1 Å². The van der Waals surface area contributed by atoms with Crippen molar-refractivity contribution in [1.82, 2.24) is 5.32 Å². The van der Waals surface area contributed by atoms with Crippen LogP contribution in [0.15, 0.2) is 30.3 Å². The molecule has 0 aliphatic carbocycles. The first-order chi connectivity index (χ1) is 9.50. The van der Waals surface area contributed by atoms with Crippen LogP contribution in [0.4, 0.5) is 13.2 Å². The van der Waals surface area contributed by atoms with Crippen LogP contribution in [-0.4, -0.2) is 23.7 Å². The summed E-state index contributed by atoms with van der Waals surface area (Å²) in [6, 6.07) is 6.09. The zero-order valence-corrected chi connectivity index (χ0v) is 11.8. The van der Waals surface area contributed by atoms with Gasteiger partial charge in [-0.05, 0) is 26.3 Å². The predicted molar refractivity (Wildman–Crippen MR) is 69.2 cm³/mol. The van der Waals surface area contributed by atoms with Gasteiger partial charge in [0.15, 0.2) is 6.04 Å². The first-order valence-electron chi connectivity index (χ1n) is 6.16. The molecular weight excluding hydrogens is 287 g/mol. The molecule has 21 heavy (non-hydrogen) atoms. The van der Waals surface area contributed by atoms with Gasteiger partial charge in [-0.1, -0.05) is 30.3 Å². The molecule has 0 saturated carbocycles. The third-order valence-corrected chi connectivity index (χ3v) is 2.31. The van der Waals surface area contributed by atoms with Crippen molar-refractivity contribution in [3.63, 3.8) is 0 Å². The van der Waals surface area contributed by atoms with E-state index in [0.29, 0.717) is 0 Å². The van der Waals surface area contributed by atoms with E-state index in [2.05, 4.69) is 0 Å². The SMILES string of the molecule is CC(C)(C)OC(=O)[C@H](NC(=O)C(F)(F)F)c1ccccc1. The zero-order chi connectivity index (χ0) is 16.3. The second kappa shape index (κ2) is 6.15. The van der Waals surface area contributed by atoms with Crippen molar-refractivity contribution < 1.29 is 27.5 Å². The molecule has 0 aliphatic heterocycles. The Kier molecular flexibility index (Phi) is 4.98. The molecule has 1 rings (SSSR count). The molecule has 116 valence electrons. The molecular formula is C14H16F3NO3. The fourth-order valence-corrected chi connectivity index (χ4v) is 1.50. The van der Waals surface area contributed by atoms with Gasteiger partial charge in [0.05, 0.1) is 0 Å². The van der Waals surface area contributed by atoms with Gasteiger partial charge in [-0.15, -0.1) is 0 Å². The quantitative estimate of drug-likeness (QED) is 0.874. The van der Waals surface area contributed by atoms with Crippen LogP contribution in [-0.2, 0) is 14.3 Å². The Labute approximate surface area is 120 Å². The number of carbonyl (C=O) groups is 2. The van der Waals surface area contributed by atoms with E-state index in [0.717, 1.165) is 0 Å². The third-order valence-electron chi connectivity index (χ3n) is 2.31. The van der Waals surface area contributed by atoms with Crippen molar-refractivity contribution in [3.8, 4) is 0 Å². The van der Waals surface area contributed by atoms with Crippen LogP contribution in [0.5, 0.6) is 0 Å². The van der Waals surface area contributed by atoms with Crippen molar-refractivity contribution in [2.75, 3.05) is 0 Å². The number of amides is 1. The Morgan fingerprint density at radius 2 is 1.62 bits per heavy atom. The van der Waals surface area contributed by atoms with E-state index in [1.165, 1.54) is 12.1 Å². The van der Waals surface area contributed by atoms with E-state index in [-0.39, 0.29) is 5.56 Å². The maximum absolute atomic E-state index is 12.4. The minimum Gasteiger partial charge on any atom is -0.458 e. The number of rotatable bonds is 3. The molecule has 1 aromatic rings. The highest BCUT2D eigenvalue weighted by Crippen LogP contribution is 2.21. The minimum atomic E-state index is -5.07. The number of esters is 1. The van der Waals surface area contributed by atoms with Crippen LogP contribution in [0.25, 0.3) is 0 Å². The number of alkyl halides is 3. The highest BCUT2D eigenvalue weighted by Gasteiger charge is 2.41. The van der Waals surface area contributed by atoms with Gasteiger partial charge in [-0.2, -0.15) is 13.2 Å². The fraction of sp³-hybridized carbons (Fsp3) is 0.429. The molecule has 4 nitrogen and oxygen atoms in total. The topological polar surface area (TPSA) is 55.4 Å². The van der Waals surface area contributed by atoms with Crippen molar-refractivity contribution in [2.45, 2.75) is 38.6 Å². The number of benzene rings is 1. The number of ether oxygens (including phenoxy) is 1. The first-order valence-corrected chi connectivity index (χ1v) is 6.16. The molecule has 0 heterocycles. The second-order valence-corrected chi connectivity index (χ2v) is 5.35. The molecule has 0 aliphatic rings. The summed E-state index contributed by atoms with van der Waals surface area (Å²) in [7, 11) is 0. The standard InChI is InChI=1S/C14H16F3NO3/c1-13(2,3)21-11(19)10(9-7-5-4-6-8-9)18-12(20)14(15,16)17/h4-8,10H,1-3H3,(H,18,20)/t10-/m1/s1. The van der Waals surface area contributed by atoms with E-state index in [9.17, 15) is 22.8 Å². The highest BCUT2D eigenvalue weighted by atomic mass is 19.4. The van der Waals surface area contributed by atoms with E-state index < -0.39 is 29.7 Å². The lowest BCUT2D eigenvalue weighted by atomic mass is 10.1. The van der Waals surface area contributed by atoms with Crippen LogP contribution < -0.4 is 5.32 Å². The predicted octanol–water partition coefficient (Wildman–Crippen LogP) is 2.75. The summed E-state index contributed by atoms with van der Waals surface area (Å²) in [5.41, 5.74) is -0.670. The second-order valence-electron chi connectivity index (χ2n) is 5.35. The number of hydrogen-bond acceptors (Lipinski definition) is 3. The molecule has 0 saturated heterocycles. The lowest BCUT2D eigenvalue weighted by Crippen LogP contribution is -2.43. The maximum Gasteiger partial charge on any atom is 0.471 e. The molecule has 1 N–H and O–H groups in total. The van der Waals surface area contributed by atoms with Gasteiger partial charge in [0, 0.05) is 0 Å². The summed E-state index contributed by atoms with van der Waals surface area (Å²) in [6.07, 6.45) is -5.07. The van der Waals surface area contributed by atoms with Gasteiger partial charge in [0.25, 0.3) is 0 Å². The summed E-state index contributed by atoms with van der Waals surface area (Å²) < 4.78 is 42.1. The Morgan fingerprint density at radius 1 is 1.10 bits per heavy atom. The summed E-state index contributed by atoms with van der Waals surface area (Å²) >= 11 is 0. The van der Waals surface area contributed by atoms with Crippen LogP contribution in [0.2, 0.25) is 0 Å². The highest BCUT2D eigenvalue weighted by molar-refractivity contribution is 5.88. The Hall–Kier alpha value is -2.05. The van der Waals surface area contributed by atoms with Gasteiger partial charge in [0.2, 0.25) is 0 Å². The Balaban J connectivity index is 3.02. The average Bonchev–Trinajstić information content (AvgIpc) is 2.33. The van der Waals surface area contributed by atoms with Crippen molar-refractivity contribution in [2.24, 2.45) is 0 Å². The number of carbonyl (C=O) groups excluding carboxylic acids is 2. The Bertz CT molecular complexity index is 506. The van der Waals surface area contributed by atoms with E-state index in [1.54, 1.807) is 44.3 Å². The van der Waals surface area contributed by atoms with Gasteiger partial charge in [0.1, 0.15) is 5.60 Å². The maximum atomic E-state index is 12.4. The van der Waals surface area contributed by atoms with Crippen molar-refractivity contribution in [1.29, 1.82) is 0 Å². The smallest absolute Gasteiger partial charge is 0.458 e. The summed E-state index contributed by atoms with van der Waals surface area (Å²) in [4.78, 5) is 23.1. The normalized spacial score (nSPS) is 13.4. The summed E-state index contributed by atoms with van der Waals surface area (Å²) in [6.45, 7) is 4.75. The van der Waals surface area contributed by atoms with Crippen LogP contribution >= 0.6 is 0 Å². The van der Waals surface area contributed by atoms with E-state index in [4.69, 9.17) is 4.74 Å². The number of nitrogens with one attached hydrogen (secondary N) is 1. The summed E-state index contributed by atoms with van der Waals surface area (Å²) in [5, 5.41) is 1.66. The molecule has 1 amide bonds. The average molecular weight is 303 g/mol. The van der Waals surface area contributed by atoms with E-state index >= 15 is 0 Å². The van der Waals surface area contributed by atoms with Crippen molar-refractivity contribution in [3.05, 3.63) is 35.9 Å². The van der Waals surface area contributed by atoms with Crippen LogP contribution in [0.3, 0.4) is 0 Å². The lowest BCUT2D eigenvalue weighted by molar-refractivity contribution is -0.177. The minimum absolute atomic E-state index is 0.212. The number of hydrogen-bond donors (Lipinski definition) is 1. The van der Waals surface area contributed by atoms with Crippen molar-refractivity contribution >= 4 is 11.9 Å². The molecule has 1 aromatic carbocycles. The van der Waals surface area contributed by atoms with Crippen LogP contribution in [0, 0.1) is 0 Å².